The van der Waals surface area contributed by atoms with Gasteiger partial charge in [-0.05, 0) is 35.2 Å². The van der Waals surface area contributed by atoms with E-state index < -0.39 is 16.3 Å². The summed E-state index contributed by atoms with van der Waals surface area (Å²) in [6, 6.07) is 12.0. The van der Waals surface area contributed by atoms with Crippen LogP contribution < -0.4 is 16.3 Å². The molecule has 0 bridgehead atoms. The lowest BCUT2D eigenvalue weighted by atomic mass is 10.2. The van der Waals surface area contributed by atoms with E-state index in [0.29, 0.717) is 22.4 Å². The number of aromatic hydroxyl groups is 1. The molecule has 1 aromatic carbocycles. The maximum Gasteiger partial charge on any atom is 0.284 e. The van der Waals surface area contributed by atoms with Gasteiger partial charge in [0.25, 0.3) is 5.56 Å². The van der Waals surface area contributed by atoms with Crippen molar-refractivity contribution in [2.45, 2.75) is 11.4 Å². The fourth-order valence-electron chi connectivity index (χ4n) is 3.38. The summed E-state index contributed by atoms with van der Waals surface area (Å²) in [6.07, 6.45) is 3.34. The Kier molecular flexibility index (Phi) is 4.67. The molecule has 4 aromatic rings. The van der Waals surface area contributed by atoms with Crippen molar-refractivity contribution in [3.05, 3.63) is 81.7 Å². The number of anilines is 1. The van der Waals surface area contributed by atoms with Gasteiger partial charge in [-0.3, -0.25) is 18.9 Å². The molecule has 4 heterocycles. The topological polar surface area (TPSA) is 132 Å². The zero-order valence-corrected chi connectivity index (χ0v) is 17.5. The molecule has 0 spiro atoms. The summed E-state index contributed by atoms with van der Waals surface area (Å²) in [6.45, 7) is 0.320. The minimum Gasteiger partial charge on any atom is -0.505 e. The summed E-state index contributed by atoms with van der Waals surface area (Å²) in [5.41, 5.74) is 4.12. The van der Waals surface area contributed by atoms with Crippen LogP contribution in [-0.4, -0.2) is 29.7 Å². The minimum absolute atomic E-state index is 0.103. The second kappa shape index (κ2) is 7.39. The Balaban J connectivity index is 1.65. The third-order valence-electron chi connectivity index (χ3n) is 4.81. The van der Waals surface area contributed by atoms with E-state index in [1.165, 1.54) is 16.0 Å². The van der Waals surface area contributed by atoms with Crippen LogP contribution in [0.25, 0.3) is 10.2 Å². The molecule has 5 N–H and O–H groups in total. The second-order valence-electron chi connectivity index (χ2n) is 6.78. The molecule has 0 radical (unpaired) electrons. The molecule has 0 amide bonds. The van der Waals surface area contributed by atoms with E-state index in [0.717, 1.165) is 5.56 Å². The summed E-state index contributed by atoms with van der Waals surface area (Å²) >= 11 is 1.26. The molecular formula is C20H17N5O4S2. The van der Waals surface area contributed by atoms with Crippen molar-refractivity contribution in [1.82, 2.24) is 9.66 Å². The Hall–Kier alpha value is -3.38. The van der Waals surface area contributed by atoms with E-state index in [2.05, 4.69) is 20.1 Å². The normalized spacial score (nSPS) is 15.6. The van der Waals surface area contributed by atoms with E-state index >= 15 is 0 Å². The summed E-state index contributed by atoms with van der Waals surface area (Å²) in [5, 5.41) is 15.6. The molecule has 0 unspecified atom stereocenters. The van der Waals surface area contributed by atoms with Crippen molar-refractivity contribution in [2.75, 3.05) is 10.7 Å². The highest BCUT2D eigenvalue weighted by molar-refractivity contribution is 8.23. The SMILES string of the molecule is O=c1c(C2=NS(O)(O)c3ccccc3N2)c(O)c2sccc2n1NCc1cccnc1. The lowest BCUT2D eigenvalue weighted by Gasteiger charge is -2.34. The molecule has 5 rings (SSSR count). The first kappa shape index (κ1) is 19.6. The van der Waals surface area contributed by atoms with Gasteiger partial charge in [0.2, 0.25) is 0 Å². The van der Waals surface area contributed by atoms with Gasteiger partial charge < -0.3 is 15.8 Å². The van der Waals surface area contributed by atoms with E-state index in [1.54, 1.807) is 54.2 Å². The number of hydrogen-bond acceptors (Lipinski definition) is 9. The van der Waals surface area contributed by atoms with Crippen molar-refractivity contribution >= 4 is 43.9 Å². The highest BCUT2D eigenvalue weighted by Gasteiger charge is 2.30. The molecule has 158 valence electrons. The number of fused-ring (bicyclic) bond motifs is 2. The number of nitrogens with zero attached hydrogens (tertiary/aromatic N) is 3. The fraction of sp³-hybridized carbons (Fsp3) is 0.0500. The average molecular weight is 456 g/mol. The van der Waals surface area contributed by atoms with Crippen LogP contribution in [0.3, 0.4) is 0 Å². The molecule has 3 aromatic heterocycles. The van der Waals surface area contributed by atoms with Crippen LogP contribution in [0.5, 0.6) is 5.75 Å². The Morgan fingerprint density at radius 3 is 2.81 bits per heavy atom. The molecule has 0 fully saturated rings. The van der Waals surface area contributed by atoms with Crippen molar-refractivity contribution < 1.29 is 14.2 Å². The van der Waals surface area contributed by atoms with Gasteiger partial charge >= 0.3 is 0 Å². The predicted molar refractivity (Wildman–Crippen MR) is 123 cm³/mol. The zero-order chi connectivity index (χ0) is 21.6. The first-order valence-corrected chi connectivity index (χ1v) is 11.6. The first-order chi connectivity index (χ1) is 15.0. The van der Waals surface area contributed by atoms with Gasteiger partial charge in [-0.2, -0.15) is 0 Å². The number of thiophene rings is 1. The van der Waals surface area contributed by atoms with Gasteiger partial charge in [-0.1, -0.05) is 29.0 Å². The highest BCUT2D eigenvalue weighted by atomic mass is 32.3. The predicted octanol–water partition coefficient (Wildman–Crippen LogP) is 3.80. The monoisotopic (exact) mass is 455 g/mol. The summed E-state index contributed by atoms with van der Waals surface area (Å²) in [5.74, 6) is -0.372. The third kappa shape index (κ3) is 3.33. The van der Waals surface area contributed by atoms with Gasteiger partial charge in [-0.25, -0.2) is 4.68 Å². The molecule has 1 aliphatic heterocycles. The fourth-order valence-corrected chi connectivity index (χ4v) is 5.37. The van der Waals surface area contributed by atoms with Gasteiger partial charge in [-0.15, -0.1) is 15.7 Å². The lowest BCUT2D eigenvalue weighted by Crippen LogP contribution is -2.35. The number of para-hydroxylation sites is 1. The molecule has 0 saturated carbocycles. The number of nitrogens with one attached hydrogen (secondary N) is 2. The van der Waals surface area contributed by atoms with Crippen LogP contribution in [0.4, 0.5) is 5.69 Å². The number of amidine groups is 1. The van der Waals surface area contributed by atoms with Gasteiger partial charge in [0, 0.05) is 12.4 Å². The van der Waals surface area contributed by atoms with Gasteiger partial charge in [0.05, 0.1) is 22.4 Å². The standard InChI is InChI=1S/C20H17N5O4S2/c26-17-16(19-23-13-5-1-2-6-15(13)31(28,29)24-19)20(27)25(14-7-9-30-18(14)17)22-11-12-4-3-8-21-10-12/h1-10,22,26,28-29H,11H2,(H,23,24). The minimum atomic E-state index is -3.54. The van der Waals surface area contributed by atoms with Crippen molar-refractivity contribution in [3.63, 3.8) is 0 Å². The molecular weight excluding hydrogens is 438 g/mol. The second-order valence-corrected chi connectivity index (χ2v) is 9.35. The summed E-state index contributed by atoms with van der Waals surface area (Å²) in [4.78, 5) is 17.7. The maximum atomic E-state index is 13.4. The van der Waals surface area contributed by atoms with Crippen LogP contribution in [0, 0.1) is 0 Å². The van der Waals surface area contributed by atoms with Crippen LogP contribution in [0.2, 0.25) is 0 Å². The van der Waals surface area contributed by atoms with Crippen LogP contribution in [-0.2, 0) is 6.54 Å². The molecule has 9 nitrogen and oxygen atoms in total. The molecule has 11 heteroatoms. The number of hydrogen-bond donors (Lipinski definition) is 5. The van der Waals surface area contributed by atoms with Crippen molar-refractivity contribution in [2.24, 2.45) is 4.40 Å². The Bertz CT molecular complexity index is 1380. The van der Waals surface area contributed by atoms with E-state index in [4.69, 9.17) is 0 Å². The number of benzene rings is 1. The summed E-state index contributed by atoms with van der Waals surface area (Å²) in [7, 11) is -3.54. The average Bonchev–Trinajstić information content (AvgIpc) is 3.24. The van der Waals surface area contributed by atoms with Crippen LogP contribution in [0.15, 0.2) is 74.3 Å². The molecule has 0 aliphatic carbocycles. The largest absolute Gasteiger partial charge is 0.505 e. The van der Waals surface area contributed by atoms with Crippen LogP contribution >= 0.6 is 22.1 Å². The third-order valence-corrected chi connectivity index (χ3v) is 7.10. The zero-order valence-electron chi connectivity index (χ0n) is 15.9. The Morgan fingerprint density at radius 1 is 1.16 bits per heavy atom. The van der Waals surface area contributed by atoms with Crippen molar-refractivity contribution in [3.8, 4) is 5.75 Å². The van der Waals surface area contributed by atoms with E-state index in [1.807, 2.05) is 6.07 Å². The van der Waals surface area contributed by atoms with Crippen LogP contribution in [0.1, 0.15) is 11.1 Å². The van der Waals surface area contributed by atoms with E-state index in [9.17, 15) is 19.0 Å². The Labute approximate surface area is 181 Å². The number of pyridine rings is 2. The molecule has 31 heavy (non-hydrogen) atoms. The van der Waals surface area contributed by atoms with Gasteiger partial charge in [0.15, 0.2) is 11.6 Å². The van der Waals surface area contributed by atoms with E-state index in [-0.39, 0.29) is 22.0 Å². The smallest absolute Gasteiger partial charge is 0.284 e. The van der Waals surface area contributed by atoms with Crippen molar-refractivity contribution in [1.29, 1.82) is 0 Å². The number of aromatic nitrogens is 2. The van der Waals surface area contributed by atoms with Gasteiger partial charge in [0.1, 0.15) is 10.5 Å². The maximum absolute atomic E-state index is 13.4. The Morgan fingerprint density at radius 2 is 2.00 bits per heavy atom. The summed E-state index contributed by atoms with van der Waals surface area (Å²) < 4.78 is 26.9. The highest BCUT2D eigenvalue weighted by Crippen LogP contribution is 2.55. The molecule has 0 atom stereocenters. The quantitative estimate of drug-likeness (QED) is 0.316. The molecule has 0 saturated heterocycles. The first-order valence-electron chi connectivity index (χ1n) is 9.18. The number of rotatable bonds is 4. The molecule has 1 aliphatic rings. The lowest BCUT2D eigenvalue weighted by molar-refractivity contribution is 0.479.